The van der Waals surface area contributed by atoms with Crippen LogP contribution in [0.1, 0.15) is 36.5 Å². The number of thiophene rings is 1. The summed E-state index contributed by atoms with van der Waals surface area (Å²) < 4.78 is 0. The number of carbonyl (C=O) groups is 3. The molecule has 1 aromatic rings. The highest BCUT2D eigenvalue weighted by molar-refractivity contribution is 7.08. The molecule has 3 amide bonds. The second-order valence-corrected chi connectivity index (χ2v) is 7.13. The average molecular weight is 349 g/mol. The van der Waals surface area contributed by atoms with E-state index in [1.807, 2.05) is 26.6 Å². The van der Waals surface area contributed by atoms with E-state index >= 15 is 0 Å². The lowest BCUT2D eigenvalue weighted by Crippen LogP contribution is -2.48. The van der Waals surface area contributed by atoms with Gasteiger partial charge in [-0.25, -0.2) is 0 Å². The van der Waals surface area contributed by atoms with Gasteiger partial charge < -0.3 is 14.7 Å². The maximum Gasteiger partial charge on any atom is 0.254 e. The third-order valence-electron chi connectivity index (χ3n) is 4.81. The van der Waals surface area contributed by atoms with E-state index in [0.29, 0.717) is 32.7 Å². The standard InChI is InChI=1S/C17H23N3O3S/c1-13(21)20-8-2-4-15(20)17(23)19-7-3-6-18(9-10-19)16(22)14-5-11-24-12-14/h5,11-12,15H,2-4,6-10H2,1H3/t15-/m0/s1. The normalized spacial score (nSPS) is 21.7. The Hall–Kier alpha value is -1.89. The van der Waals surface area contributed by atoms with Crippen molar-refractivity contribution >= 4 is 29.1 Å². The van der Waals surface area contributed by atoms with E-state index in [4.69, 9.17) is 0 Å². The summed E-state index contributed by atoms with van der Waals surface area (Å²) in [7, 11) is 0. The fourth-order valence-electron chi connectivity index (χ4n) is 3.52. The first-order chi connectivity index (χ1) is 11.6. The lowest BCUT2D eigenvalue weighted by atomic mass is 10.2. The van der Waals surface area contributed by atoms with Gasteiger partial charge in [0.1, 0.15) is 6.04 Å². The molecule has 2 saturated heterocycles. The van der Waals surface area contributed by atoms with E-state index in [9.17, 15) is 14.4 Å². The van der Waals surface area contributed by atoms with Crippen molar-refractivity contribution in [2.24, 2.45) is 0 Å². The summed E-state index contributed by atoms with van der Waals surface area (Å²) >= 11 is 1.51. The molecular formula is C17H23N3O3S. The van der Waals surface area contributed by atoms with Crippen LogP contribution in [0.4, 0.5) is 0 Å². The number of rotatable bonds is 2. The first kappa shape index (κ1) is 17.0. The summed E-state index contributed by atoms with van der Waals surface area (Å²) in [6.45, 7) is 4.59. The minimum Gasteiger partial charge on any atom is -0.339 e. The fourth-order valence-corrected chi connectivity index (χ4v) is 4.15. The number of nitrogens with zero attached hydrogens (tertiary/aromatic N) is 3. The molecule has 3 rings (SSSR count). The Morgan fingerprint density at radius 1 is 1.04 bits per heavy atom. The van der Waals surface area contributed by atoms with Gasteiger partial charge in [-0.15, -0.1) is 0 Å². The van der Waals surface area contributed by atoms with E-state index in [-0.39, 0.29) is 23.8 Å². The second kappa shape index (κ2) is 7.34. The minimum absolute atomic E-state index is 0.0325. The molecule has 130 valence electrons. The van der Waals surface area contributed by atoms with Crippen LogP contribution >= 0.6 is 11.3 Å². The largest absolute Gasteiger partial charge is 0.339 e. The zero-order valence-electron chi connectivity index (χ0n) is 13.9. The molecule has 6 nitrogen and oxygen atoms in total. The van der Waals surface area contributed by atoms with Crippen molar-refractivity contribution < 1.29 is 14.4 Å². The van der Waals surface area contributed by atoms with Gasteiger partial charge in [0.25, 0.3) is 5.91 Å². The maximum atomic E-state index is 12.8. The smallest absolute Gasteiger partial charge is 0.254 e. The molecule has 0 bridgehead atoms. The highest BCUT2D eigenvalue weighted by atomic mass is 32.1. The summed E-state index contributed by atoms with van der Waals surface area (Å²) in [6.07, 6.45) is 2.40. The van der Waals surface area contributed by atoms with E-state index in [0.717, 1.165) is 24.8 Å². The molecule has 0 aromatic carbocycles. The zero-order valence-corrected chi connectivity index (χ0v) is 14.8. The second-order valence-electron chi connectivity index (χ2n) is 6.35. The SMILES string of the molecule is CC(=O)N1CCC[C@H]1C(=O)N1CCCN(C(=O)c2ccsc2)CC1. The Bertz CT molecular complexity index is 617. The summed E-state index contributed by atoms with van der Waals surface area (Å²) in [6, 6.07) is 1.52. The molecule has 0 radical (unpaired) electrons. The highest BCUT2D eigenvalue weighted by Gasteiger charge is 2.35. The zero-order chi connectivity index (χ0) is 17.1. The molecule has 1 aromatic heterocycles. The number of hydrogen-bond donors (Lipinski definition) is 0. The van der Waals surface area contributed by atoms with E-state index in [2.05, 4.69) is 0 Å². The van der Waals surface area contributed by atoms with Crippen molar-refractivity contribution in [2.45, 2.75) is 32.2 Å². The van der Waals surface area contributed by atoms with Crippen LogP contribution in [0.25, 0.3) is 0 Å². The lowest BCUT2D eigenvalue weighted by Gasteiger charge is -2.29. The van der Waals surface area contributed by atoms with Crippen LogP contribution in [0.2, 0.25) is 0 Å². The molecule has 7 heteroatoms. The van der Waals surface area contributed by atoms with Crippen LogP contribution < -0.4 is 0 Å². The highest BCUT2D eigenvalue weighted by Crippen LogP contribution is 2.20. The third-order valence-corrected chi connectivity index (χ3v) is 5.49. The summed E-state index contributed by atoms with van der Waals surface area (Å²) in [5.41, 5.74) is 0.721. The van der Waals surface area contributed by atoms with Crippen molar-refractivity contribution in [2.75, 3.05) is 32.7 Å². The van der Waals surface area contributed by atoms with Gasteiger partial charge in [-0.3, -0.25) is 14.4 Å². The molecule has 0 aliphatic carbocycles. The van der Waals surface area contributed by atoms with Crippen LogP contribution in [0.3, 0.4) is 0 Å². The summed E-state index contributed by atoms with van der Waals surface area (Å²) in [5.74, 6) is 0.0410. The van der Waals surface area contributed by atoms with Gasteiger partial charge in [-0.1, -0.05) is 0 Å². The summed E-state index contributed by atoms with van der Waals surface area (Å²) in [4.78, 5) is 42.3. The first-order valence-electron chi connectivity index (χ1n) is 8.45. The predicted molar refractivity (Wildman–Crippen MR) is 91.8 cm³/mol. The molecule has 2 aliphatic heterocycles. The van der Waals surface area contributed by atoms with Gasteiger partial charge in [-0.2, -0.15) is 11.3 Å². The van der Waals surface area contributed by atoms with E-state index in [1.54, 1.807) is 4.90 Å². The molecule has 1 atom stereocenters. The Morgan fingerprint density at radius 2 is 1.79 bits per heavy atom. The Labute approximate surface area is 146 Å². The molecule has 0 saturated carbocycles. The molecular weight excluding hydrogens is 326 g/mol. The van der Waals surface area contributed by atoms with Gasteiger partial charge in [0.2, 0.25) is 11.8 Å². The fraction of sp³-hybridized carbons (Fsp3) is 0.588. The molecule has 2 aliphatic rings. The van der Waals surface area contributed by atoms with Crippen molar-refractivity contribution in [3.8, 4) is 0 Å². The van der Waals surface area contributed by atoms with Crippen molar-refractivity contribution in [1.82, 2.24) is 14.7 Å². The molecule has 0 N–H and O–H groups in total. The topological polar surface area (TPSA) is 60.9 Å². The van der Waals surface area contributed by atoms with Crippen LogP contribution in [0.5, 0.6) is 0 Å². The molecule has 2 fully saturated rings. The predicted octanol–water partition coefficient (Wildman–Crippen LogP) is 1.43. The number of carbonyl (C=O) groups excluding carboxylic acids is 3. The van der Waals surface area contributed by atoms with Gasteiger partial charge in [-0.05, 0) is 30.7 Å². The molecule has 3 heterocycles. The van der Waals surface area contributed by atoms with Crippen LogP contribution in [-0.2, 0) is 9.59 Å². The first-order valence-corrected chi connectivity index (χ1v) is 9.39. The minimum atomic E-state index is -0.318. The maximum absolute atomic E-state index is 12.8. The molecule has 24 heavy (non-hydrogen) atoms. The van der Waals surface area contributed by atoms with E-state index < -0.39 is 0 Å². The number of hydrogen-bond acceptors (Lipinski definition) is 4. The van der Waals surface area contributed by atoms with Gasteiger partial charge in [0, 0.05) is 45.0 Å². The van der Waals surface area contributed by atoms with E-state index in [1.165, 1.54) is 18.3 Å². The Morgan fingerprint density at radius 3 is 2.50 bits per heavy atom. The Balaban J connectivity index is 1.62. The summed E-state index contributed by atoms with van der Waals surface area (Å²) in [5, 5.41) is 3.76. The van der Waals surface area contributed by atoms with Crippen LogP contribution in [-0.4, -0.2) is 71.2 Å². The van der Waals surface area contributed by atoms with Gasteiger partial charge in [0.05, 0.1) is 5.56 Å². The average Bonchev–Trinajstić information content (AvgIpc) is 3.21. The monoisotopic (exact) mass is 349 g/mol. The van der Waals surface area contributed by atoms with Gasteiger partial charge in [0.15, 0.2) is 0 Å². The number of amides is 3. The number of likely N-dealkylation sites (tertiary alicyclic amines) is 1. The third kappa shape index (κ3) is 3.45. The van der Waals surface area contributed by atoms with Crippen molar-refractivity contribution in [3.63, 3.8) is 0 Å². The van der Waals surface area contributed by atoms with Crippen LogP contribution in [0.15, 0.2) is 16.8 Å². The van der Waals surface area contributed by atoms with Crippen LogP contribution in [0, 0.1) is 0 Å². The molecule has 0 spiro atoms. The Kier molecular flexibility index (Phi) is 5.18. The van der Waals surface area contributed by atoms with Gasteiger partial charge >= 0.3 is 0 Å². The van der Waals surface area contributed by atoms with Crippen molar-refractivity contribution in [1.29, 1.82) is 0 Å². The lowest BCUT2D eigenvalue weighted by molar-refractivity contribution is -0.142. The quantitative estimate of drug-likeness (QED) is 0.812. The molecule has 0 unspecified atom stereocenters. The van der Waals surface area contributed by atoms with Crippen molar-refractivity contribution in [3.05, 3.63) is 22.4 Å².